The number of nitrogens with zero attached hydrogens (tertiary/aromatic N) is 1. The molecule has 0 aliphatic carbocycles. The zero-order chi connectivity index (χ0) is 20.2. The highest BCUT2D eigenvalue weighted by atomic mass is 32.3. The summed E-state index contributed by atoms with van der Waals surface area (Å²) in [5, 5.41) is -14.3. The first kappa shape index (κ1) is 23.0. The van der Waals surface area contributed by atoms with Gasteiger partial charge in [-0.15, -0.1) is 8.42 Å². The van der Waals surface area contributed by atoms with Crippen LogP contribution in [0.3, 0.4) is 0 Å². The van der Waals surface area contributed by atoms with E-state index in [0.717, 1.165) is 0 Å². The lowest BCUT2D eigenvalue weighted by Gasteiger charge is -2.26. The van der Waals surface area contributed by atoms with Gasteiger partial charge in [-0.25, -0.2) is 4.21 Å². The lowest BCUT2D eigenvalue weighted by molar-refractivity contribution is -0.283. The molecule has 0 spiro atoms. The van der Waals surface area contributed by atoms with E-state index in [0.29, 0.717) is 0 Å². The first-order valence-electron chi connectivity index (χ1n) is 4.38. The minimum Gasteiger partial charge on any atom is -0.301 e. The van der Waals surface area contributed by atoms with Crippen molar-refractivity contribution >= 4 is 31.1 Å². The Morgan fingerprint density at radius 1 is 0.792 bits per heavy atom. The molecule has 0 aromatic rings. The Hall–Kier alpha value is -1.02. The number of alkyl halides is 9. The molecule has 144 valence electrons. The average Bonchev–Trinajstić information content (AvgIpc) is 2.35. The van der Waals surface area contributed by atoms with Gasteiger partial charge in [0, 0.05) is 0 Å². The van der Waals surface area contributed by atoms with Crippen LogP contribution in [0.4, 0.5) is 39.5 Å². The summed E-state index contributed by atoms with van der Waals surface area (Å²) in [5.74, 6) is -7.46. The smallest absolute Gasteiger partial charge is 0.301 e. The summed E-state index contributed by atoms with van der Waals surface area (Å²) in [6.07, 6.45) is 0. The summed E-state index contributed by atoms with van der Waals surface area (Å²) in [6, 6.07) is 0. The van der Waals surface area contributed by atoms with E-state index in [-0.39, 0.29) is 0 Å². The van der Waals surface area contributed by atoms with E-state index in [2.05, 4.69) is 0 Å². The van der Waals surface area contributed by atoms with E-state index in [9.17, 15) is 65.5 Å². The molecule has 0 bridgehead atoms. The molecule has 8 nitrogen and oxygen atoms in total. The summed E-state index contributed by atoms with van der Waals surface area (Å²) >= 11 is -5.20. The molecule has 0 saturated heterocycles. The third-order valence-corrected chi connectivity index (χ3v) is 6.11. The number of rotatable bonds is 6. The van der Waals surface area contributed by atoms with Gasteiger partial charge in [-0.1, -0.05) is 0 Å². The Labute approximate surface area is 127 Å². The molecule has 0 fully saturated rings. The molecule has 0 rings (SSSR count). The van der Waals surface area contributed by atoms with Gasteiger partial charge in [-0.05, 0) is 0 Å². The van der Waals surface area contributed by atoms with Gasteiger partial charge in [-0.3, -0.25) is 0 Å². The maximum absolute atomic E-state index is 13.1. The van der Waals surface area contributed by atoms with Crippen molar-refractivity contribution in [2.75, 3.05) is 0 Å². The fourth-order valence-electron chi connectivity index (χ4n) is 0.748. The first-order chi connectivity index (χ1) is 10.1. The van der Waals surface area contributed by atoms with Crippen LogP contribution >= 0.6 is 0 Å². The van der Waals surface area contributed by atoms with Crippen molar-refractivity contribution in [3.8, 4) is 0 Å². The molecule has 0 aliphatic rings. The molecular weight excluding hydrogens is 441 g/mol. The van der Waals surface area contributed by atoms with Crippen molar-refractivity contribution in [1.29, 1.82) is 0 Å². The van der Waals surface area contributed by atoms with Gasteiger partial charge in [0.05, 0.1) is 4.91 Å². The molecule has 1 atom stereocenters. The van der Waals surface area contributed by atoms with Crippen LogP contribution in [0.2, 0.25) is 0 Å². The minimum absolute atomic E-state index is 3.54. The monoisotopic (exact) mass is 442 g/mol. The topological polar surface area (TPSA) is 126 Å². The third-order valence-electron chi connectivity index (χ3n) is 1.96. The fraction of sp³-hybridized carbons (Fsp3) is 1.00. The second kappa shape index (κ2) is 5.76. The summed E-state index contributed by atoms with van der Waals surface area (Å²) in [6.45, 7) is 0. The van der Waals surface area contributed by atoms with Crippen molar-refractivity contribution in [2.24, 2.45) is 0 Å². The SMILES string of the molecule is O=[N+](S(=O)(=O)C(F)(F)F)S(=O)(=O)C(F)(F)C(F)(F)C(F)(F)S(=O)O. The van der Waals surface area contributed by atoms with E-state index in [1.165, 1.54) is 0 Å². The molecule has 1 unspecified atom stereocenters. The highest BCUT2D eigenvalue weighted by Crippen LogP contribution is 2.50. The Morgan fingerprint density at radius 3 is 1.38 bits per heavy atom. The van der Waals surface area contributed by atoms with Gasteiger partial charge in [-0.2, -0.15) is 47.9 Å². The quantitative estimate of drug-likeness (QED) is 0.369. The van der Waals surface area contributed by atoms with Crippen LogP contribution in [0.25, 0.3) is 0 Å². The van der Waals surface area contributed by atoms with E-state index < -0.39 is 56.6 Å². The summed E-state index contributed by atoms with van der Waals surface area (Å²) in [4.78, 5) is 10.5. The lowest BCUT2D eigenvalue weighted by atomic mass is 10.3. The Balaban J connectivity index is 6.53. The van der Waals surface area contributed by atoms with Crippen LogP contribution < -0.4 is 0 Å². The predicted octanol–water partition coefficient (Wildman–Crippen LogP) is 0.987. The second-order valence-electron chi connectivity index (χ2n) is 3.48. The molecule has 0 aromatic carbocycles. The van der Waals surface area contributed by atoms with E-state index in [4.69, 9.17) is 4.55 Å². The van der Waals surface area contributed by atoms with Crippen LogP contribution in [0.15, 0.2) is 0 Å². The number of hydrogen-bond donors (Lipinski definition) is 1. The number of halogens is 9. The summed E-state index contributed by atoms with van der Waals surface area (Å²) < 4.78 is 169. The zero-order valence-electron chi connectivity index (χ0n) is 9.97. The molecule has 20 heteroatoms. The molecular formula is C4HF9NO7S3+. The van der Waals surface area contributed by atoms with Crippen LogP contribution in [-0.2, 0) is 31.1 Å². The van der Waals surface area contributed by atoms with Gasteiger partial charge in [0.25, 0.3) is 3.57 Å². The van der Waals surface area contributed by atoms with Crippen LogP contribution in [0.5, 0.6) is 0 Å². The van der Waals surface area contributed by atoms with E-state index >= 15 is 0 Å². The maximum Gasteiger partial charge on any atom is 0.566 e. The van der Waals surface area contributed by atoms with Crippen LogP contribution in [0.1, 0.15) is 0 Å². The van der Waals surface area contributed by atoms with Crippen molar-refractivity contribution in [1.82, 2.24) is 0 Å². The van der Waals surface area contributed by atoms with Gasteiger partial charge in [0.15, 0.2) is 0 Å². The molecule has 0 heterocycles. The Kier molecular flexibility index (Phi) is 5.52. The first-order valence-corrected chi connectivity index (χ1v) is 8.36. The van der Waals surface area contributed by atoms with Crippen molar-refractivity contribution in [3.63, 3.8) is 0 Å². The van der Waals surface area contributed by atoms with Crippen LogP contribution in [-0.4, -0.2) is 51.1 Å². The summed E-state index contributed by atoms with van der Waals surface area (Å²) in [7, 11) is -15.9. The fourth-order valence-corrected chi connectivity index (χ4v) is 3.54. The largest absolute Gasteiger partial charge is 0.566 e. The second-order valence-corrected chi connectivity index (χ2v) is 8.26. The molecule has 24 heavy (non-hydrogen) atoms. The molecule has 0 radical (unpaired) electrons. The van der Waals surface area contributed by atoms with E-state index in [1.54, 1.807) is 0 Å². The predicted molar refractivity (Wildman–Crippen MR) is 53.1 cm³/mol. The summed E-state index contributed by atoms with van der Waals surface area (Å²) in [5.41, 5.74) is -6.88. The van der Waals surface area contributed by atoms with Gasteiger partial charge in [0.2, 0.25) is 11.1 Å². The maximum atomic E-state index is 13.1. The minimum atomic E-state index is -8.19. The standard InChI is InChI=1S/C4F9NO7S3/c5-1(6,2(7,8)22(16)17)3(9,10)23(18,19)14(15)24(20,21)4(11,12)13/p+1. The van der Waals surface area contributed by atoms with Crippen molar-refractivity contribution in [2.45, 2.75) is 21.9 Å². The Bertz CT molecular complexity index is 765. The molecule has 0 aromatic heterocycles. The van der Waals surface area contributed by atoms with Gasteiger partial charge < -0.3 is 4.55 Å². The molecule has 1 N–H and O–H groups in total. The third kappa shape index (κ3) is 2.98. The molecule has 0 aliphatic heterocycles. The Morgan fingerprint density at radius 2 is 1.12 bits per heavy atom. The van der Waals surface area contributed by atoms with Gasteiger partial charge >= 0.3 is 42.0 Å². The van der Waals surface area contributed by atoms with Gasteiger partial charge in [0.1, 0.15) is 0 Å². The zero-order valence-corrected chi connectivity index (χ0v) is 12.4. The van der Waals surface area contributed by atoms with Crippen molar-refractivity contribution < 1.29 is 68.7 Å². The lowest BCUT2D eigenvalue weighted by Crippen LogP contribution is -2.61. The number of sulfonamides is 2. The molecule has 0 amide bonds. The number of hydrogen-bond acceptors (Lipinski definition) is 6. The van der Waals surface area contributed by atoms with Crippen LogP contribution in [0, 0.1) is 4.91 Å². The normalized spacial score (nSPS) is 16.8. The highest BCUT2D eigenvalue weighted by molar-refractivity contribution is 7.98. The number of nitroso groups, excluding NO2 is 1. The molecule has 0 saturated carbocycles. The van der Waals surface area contributed by atoms with Crippen molar-refractivity contribution in [3.05, 3.63) is 4.91 Å². The average molecular weight is 442 g/mol. The van der Waals surface area contributed by atoms with E-state index in [1.807, 2.05) is 0 Å². The highest BCUT2D eigenvalue weighted by Gasteiger charge is 2.86.